The van der Waals surface area contributed by atoms with Crippen molar-refractivity contribution in [2.75, 3.05) is 19.6 Å². The number of amides is 1. The van der Waals surface area contributed by atoms with Crippen molar-refractivity contribution in [3.63, 3.8) is 0 Å². The Kier molecular flexibility index (Phi) is 3.57. The molecule has 1 saturated heterocycles. The predicted octanol–water partition coefficient (Wildman–Crippen LogP) is 2.85. The van der Waals surface area contributed by atoms with Gasteiger partial charge in [-0.15, -0.1) is 0 Å². The molecule has 4 heteroatoms. The zero-order chi connectivity index (χ0) is 16.0. The van der Waals surface area contributed by atoms with E-state index in [4.69, 9.17) is 4.98 Å². The number of carbonyl (C=O) groups is 1. The van der Waals surface area contributed by atoms with Crippen molar-refractivity contribution >= 4 is 16.8 Å². The zero-order valence-electron chi connectivity index (χ0n) is 13.8. The summed E-state index contributed by atoms with van der Waals surface area (Å²) in [5, 5.41) is 4.39. The van der Waals surface area contributed by atoms with Gasteiger partial charge in [-0.1, -0.05) is 11.6 Å². The van der Waals surface area contributed by atoms with Crippen LogP contribution in [0, 0.1) is 6.92 Å². The summed E-state index contributed by atoms with van der Waals surface area (Å²) in [6.45, 7) is 6.61. The van der Waals surface area contributed by atoms with E-state index in [2.05, 4.69) is 37.4 Å². The standard InChI is InChI=1S/C19H23N3O/c1-12-3-6-17-15(9-12)16(10-18(21-17)14-4-5-14)19(23)22-8-7-20-13(2)11-22/h3,6,9-10,13-14,20H,4-5,7-8,11H2,1-2H3. The van der Waals surface area contributed by atoms with Crippen molar-refractivity contribution in [1.82, 2.24) is 15.2 Å². The van der Waals surface area contributed by atoms with Crippen molar-refractivity contribution in [2.45, 2.75) is 38.6 Å². The molecule has 2 aromatic rings. The Morgan fingerprint density at radius 3 is 2.87 bits per heavy atom. The Morgan fingerprint density at radius 2 is 2.13 bits per heavy atom. The number of hydrogen-bond donors (Lipinski definition) is 1. The number of benzene rings is 1. The van der Waals surface area contributed by atoms with Gasteiger partial charge in [0, 0.05) is 42.7 Å². The number of aryl methyl sites for hydroxylation is 1. The molecule has 1 aliphatic carbocycles. The van der Waals surface area contributed by atoms with E-state index in [9.17, 15) is 4.79 Å². The number of aromatic nitrogens is 1. The second kappa shape index (κ2) is 5.60. The summed E-state index contributed by atoms with van der Waals surface area (Å²) in [4.78, 5) is 19.9. The van der Waals surface area contributed by atoms with Crippen LogP contribution in [0.15, 0.2) is 24.3 Å². The van der Waals surface area contributed by atoms with E-state index in [-0.39, 0.29) is 5.91 Å². The smallest absolute Gasteiger partial charge is 0.254 e. The third kappa shape index (κ3) is 2.83. The fourth-order valence-corrected chi connectivity index (χ4v) is 3.41. The average Bonchev–Trinajstić information content (AvgIpc) is 3.38. The minimum Gasteiger partial charge on any atom is -0.336 e. The largest absolute Gasteiger partial charge is 0.336 e. The summed E-state index contributed by atoms with van der Waals surface area (Å²) in [7, 11) is 0. The highest BCUT2D eigenvalue weighted by atomic mass is 16.2. The van der Waals surface area contributed by atoms with Crippen molar-refractivity contribution in [2.24, 2.45) is 0 Å². The summed E-state index contributed by atoms with van der Waals surface area (Å²) < 4.78 is 0. The van der Waals surface area contributed by atoms with Gasteiger partial charge in [0.2, 0.25) is 0 Å². The third-order valence-corrected chi connectivity index (χ3v) is 4.87. The molecule has 0 bridgehead atoms. The van der Waals surface area contributed by atoms with Crippen LogP contribution in [0.3, 0.4) is 0 Å². The first kappa shape index (κ1) is 14.6. The number of piperazine rings is 1. The number of nitrogens with one attached hydrogen (secondary N) is 1. The average molecular weight is 309 g/mol. The molecule has 2 aliphatic rings. The molecule has 120 valence electrons. The molecular weight excluding hydrogens is 286 g/mol. The lowest BCUT2D eigenvalue weighted by Crippen LogP contribution is -2.51. The Morgan fingerprint density at radius 1 is 1.30 bits per heavy atom. The van der Waals surface area contributed by atoms with Crippen LogP contribution in [-0.2, 0) is 0 Å². The first-order chi connectivity index (χ1) is 11.1. The van der Waals surface area contributed by atoms with Crippen molar-refractivity contribution in [3.05, 3.63) is 41.1 Å². The molecule has 1 saturated carbocycles. The molecule has 4 nitrogen and oxygen atoms in total. The molecule has 0 radical (unpaired) electrons. The number of rotatable bonds is 2. The highest BCUT2D eigenvalue weighted by Crippen LogP contribution is 2.40. The fourth-order valence-electron chi connectivity index (χ4n) is 3.41. The first-order valence-corrected chi connectivity index (χ1v) is 8.56. The quantitative estimate of drug-likeness (QED) is 0.928. The highest BCUT2D eigenvalue weighted by Gasteiger charge is 2.29. The van der Waals surface area contributed by atoms with E-state index in [0.29, 0.717) is 12.0 Å². The molecule has 1 amide bonds. The molecule has 23 heavy (non-hydrogen) atoms. The van der Waals surface area contributed by atoms with Gasteiger partial charge in [0.25, 0.3) is 5.91 Å². The lowest BCUT2D eigenvalue weighted by atomic mass is 10.0. The van der Waals surface area contributed by atoms with Crippen LogP contribution in [0.5, 0.6) is 0 Å². The SMILES string of the molecule is Cc1ccc2nc(C3CC3)cc(C(=O)N3CCNC(C)C3)c2c1. The Hall–Kier alpha value is -1.94. The van der Waals surface area contributed by atoms with Crippen LogP contribution in [-0.4, -0.2) is 41.5 Å². The molecule has 2 fully saturated rings. The van der Waals surface area contributed by atoms with Gasteiger partial charge in [-0.25, -0.2) is 0 Å². The van der Waals surface area contributed by atoms with Crippen molar-refractivity contribution in [3.8, 4) is 0 Å². The van der Waals surface area contributed by atoms with Gasteiger partial charge in [-0.2, -0.15) is 0 Å². The van der Waals surface area contributed by atoms with Crippen molar-refractivity contribution < 1.29 is 4.79 Å². The van der Waals surface area contributed by atoms with Gasteiger partial charge in [0.15, 0.2) is 0 Å². The third-order valence-electron chi connectivity index (χ3n) is 4.87. The topological polar surface area (TPSA) is 45.2 Å². The van der Waals surface area contributed by atoms with Crippen LogP contribution in [0.2, 0.25) is 0 Å². The second-order valence-electron chi connectivity index (χ2n) is 7.00. The van der Waals surface area contributed by atoms with E-state index in [1.807, 2.05) is 11.0 Å². The van der Waals surface area contributed by atoms with Crippen LogP contribution < -0.4 is 5.32 Å². The Labute approximate surface area is 136 Å². The molecule has 1 atom stereocenters. The molecule has 1 aromatic heterocycles. The maximum absolute atomic E-state index is 13.1. The maximum atomic E-state index is 13.1. The highest BCUT2D eigenvalue weighted by molar-refractivity contribution is 6.06. The number of hydrogen-bond acceptors (Lipinski definition) is 3. The number of carbonyl (C=O) groups excluding carboxylic acids is 1. The summed E-state index contributed by atoms with van der Waals surface area (Å²) in [6, 6.07) is 8.62. The van der Waals surface area contributed by atoms with Crippen LogP contribution >= 0.6 is 0 Å². The fraction of sp³-hybridized carbons (Fsp3) is 0.474. The summed E-state index contributed by atoms with van der Waals surface area (Å²) >= 11 is 0. The van der Waals surface area contributed by atoms with Gasteiger partial charge < -0.3 is 10.2 Å². The van der Waals surface area contributed by atoms with Crippen LogP contribution in [0.1, 0.15) is 47.3 Å². The monoisotopic (exact) mass is 309 g/mol. The van der Waals surface area contributed by atoms with E-state index < -0.39 is 0 Å². The number of pyridine rings is 1. The van der Waals surface area contributed by atoms with E-state index in [1.54, 1.807) is 0 Å². The molecule has 0 spiro atoms. The minimum atomic E-state index is 0.151. The molecule has 2 heterocycles. The molecule has 1 aromatic carbocycles. The Balaban J connectivity index is 1.80. The van der Waals surface area contributed by atoms with Gasteiger partial charge in [-0.3, -0.25) is 9.78 Å². The van der Waals surface area contributed by atoms with E-state index in [0.717, 1.165) is 41.8 Å². The van der Waals surface area contributed by atoms with E-state index in [1.165, 1.54) is 18.4 Å². The second-order valence-corrected chi connectivity index (χ2v) is 7.00. The van der Waals surface area contributed by atoms with Gasteiger partial charge in [0.1, 0.15) is 0 Å². The van der Waals surface area contributed by atoms with Gasteiger partial charge >= 0.3 is 0 Å². The summed E-state index contributed by atoms with van der Waals surface area (Å²) in [5.41, 5.74) is 4.04. The molecule has 1 unspecified atom stereocenters. The molecule has 1 aliphatic heterocycles. The van der Waals surface area contributed by atoms with Crippen LogP contribution in [0.4, 0.5) is 0 Å². The normalized spacial score (nSPS) is 21.7. The van der Waals surface area contributed by atoms with Crippen LogP contribution in [0.25, 0.3) is 10.9 Å². The first-order valence-electron chi connectivity index (χ1n) is 8.56. The van der Waals surface area contributed by atoms with Gasteiger partial charge in [0.05, 0.1) is 11.1 Å². The van der Waals surface area contributed by atoms with Crippen molar-refractivity contribution in [1.29, 1.82) is 0 Å². The Bertz CT molecular complexity index is 767. The summed E-state index contributed by atoms with van der Waals surface area (Å²) in [5.74, 6) is 0.701. The molecule has 1 N–H and O–H groups in total. The maximum Gasteiger partial charge on any atom is 0.254 e. The van der Waals surface area contributed by atoms with E-state index >= 15 is 0 Å². The number of nitrogens with zero attached hydrogens (tertiary/aromatic N) is 2. The zero-order valence-corrected chi connectivity index (χ0v) is 13.8. The minimum absolute atomic E-state index is 0.151. The molecule has 4 rings (SSSR count). The lowest BCUT2D eigenvalue weighted by Gasteiger charge is -2.32. The molecular formula is C19H23N3O. The van der Waals surface area contributed by atoms with Gasteiger partial charge in [-0.05, 0) is 44.9 Å². The summed E-state index contributed by atoms with van der Waals surface area (Å²) in [6.07, 6.45) is 2.39. The number of fused-ring (bicyclic) bond motifs is 1. The lowest BCUT2D eigenvalue weighted by molar-refractivity contribution is 0.0711. The predicted molar refractivity (Wildman–Crippen MR) is 91.8 cm³/mol.